The molecular weight excluding hydrogens is 240 g/mol. The average molecular weight is 258 g/mol. The molecule has 0 radical (unpaired) electrons. The minimum absolute atomic E-state index is 0.115. The maximum atomic E-state index is 5.40. The molecule has 0 aromatic carbocycles. The molecule has 2 rings (SSSR count). The highest BCUT2D eigenvalue weighted by molar-refractivity contribution is 7.13. The van der Waals surface area contributed by atoms with E-state index in [9.17, 15) is 0 Å². The summed E-state index contributed by atoms with van der Waals surface area (Å²) in [6.07, 6.45) is -0.406. The number of methoxy groups -OCH3 is 1. The van der Waals surface area contributed by atoms with E-state index in [1.807, 2.05) is 19.4 Å². The maximum Gasteiger partial charge on any atom is 0.207 e. The molecule has 0 spiro atoms. The van der Waals surface area contributed by atoms with Crippen molar-refractivity contribution in [2.24, 2.45) is 0 Å². The zero-order chi connectivity index (χ0) is 12.4. The second kappa shape index (κ2) is 5.30. The van der Waals surface area contributed by atoms with Gasteiger partial charge < -0.3 is 19.1 Å². The molecule has 1 aromatic rings. The molecule has 1 aliphatic rings. The van der Waals surface area contributed by atoms with Gasteiger partial charge in [0.25, 0.3) is 0 Å². The van der Waals surface area contributed by atoms with Crippen LogP contribution in [0.4, 0.5) is 5.13 Å². The fourth-order valence-corrected chi connectivity index (χ4v) is 2.48. The van der Waals surface area contributed by atoms with Crippen LogP contribution in [0.15, 0.2) is 5.38 Å². The highest BCUT2D eigenvalue weighted by Crippen LogP contribution is 2.34. The number of likely N-dealkylation sites (N-methyl/N-ethyl adjacent to an activating group) is 1. The lowest BCUT2D eigenvalue weighted by Crippen LogP contribution is -2.33. The Kier molecular flexibility index (Phi) is 3.98. The van der Waals surface area contributed by atoms with E-state index in [-0.39, 0.29) is 12.6 Å². The fourth-order valence-electron chi connectivity index (χ4n) is 1.59. The molecule has 1 saturated heterocycles. The van der Waals surface area contributed by atoms with E-state index in [4.69, 9.17) is 14.2 Å². The standard InChI is InChI=1S/C11H18N2O3S/c1-7(5-14-4)13(3)11-12-9(6-17-11)10-15-8(2)16-10/h6-8,10H,5H2,1-4H3/t7-,8?,10?/m0/s1. The van der Waals surface area contributed by atoms with E-state index in [1.165, 1.54) is 0 Å². The zero-order valence-electron chi connectivity index (χ0n) is 10.5. The van der Waals surface area contributed by atoms with Crippen molar-refractivity contribution in [1.29, 1.82) is 0 Å². The summed E-state index contributed by atoms with van der Waals surface area (Å²) in [5.41, 5.74) is 0.847. The lowest BCUT2D eigenvalue weighted by Gasteiger charge is -2.32. The van der Waals surface area contributed by atoms with Gasteiger partial charge in [-0.2, -0.15) is 0 Å². The van der Waals surface area contributed by atoms with Gasteiger partial charge in [0.1, 0.15) is 5.69 Å². The second-order valence-corrected chi connectivity index (χ2v) is 4.98. The summed E-state index contributed by atoms with van der Waals surface area (Å²) >= 11 is 1.59. The topological polar surface area (TPSA) is 43.8 Å². The zero-order valence-corrected chi connectivity index (χ0v) is 11.4. The van der Waals surface area contributed by atoms with Gasteiger partial charge in [0.2, 0.25) is 6.29 Å². The third kappa shape index (κ3) is 2.77. The van der Waals surface area contributed by atoms with Crippen LogP contribution in [0.1, 0.15) is 25.8 Å². The van der Waals surface area contributed by atoms with Crippen LogP contribution >= 0.6 is 11.3 Å². The van der Waals surface area contributed by atoms with E-state index in [1.54, 1.807) is 18.4 Å². The molecule has 6 heteroatoms. The van der Waals surface area contributed by atoms with E-state index >= 15 is 0 Å². The molecule has 2 heterocycles. The molecular formula is C11H18N2O3S. The van der Waals surface area contributed by atoms with Crippen molar-refractivity contribution in [1.82, 2.24) is 4.98 Å². The predicted molar refractivity (Wildman–Crippen MR) is 66.2 cm³/mol. The number of anilines is 1. The summed E-state index contributed by atoms with van der Waals surface area (Å²) < 4.78 is 15.9. The van der Waals surface area contributed by atoms with E-state index in [2.05, 4.69) is 16.8 Å². The highest BCUT2D eigenvalue weighted by atomic mass is 32.1. The van der Waals surface area contributed by atoms with Crippen LogP contribution in [0.5, 0.6) is 0 Å². The van der Waals surface area contributed by atoms with Gasteiger partial charge in [-0.05, 0) is 13.8 Å². The molecule has 1 atom stereocenters. The Bertz CT molecular complexity index is 365. The van der Waals surface area contributed by atoms with Crippen molar-refractivity contribution >= 4 is 16.5 Å². The third-order valence-corrected chi connectivity index (χ3v) is 3.70. The molecule has 96 valence electrons. The fraction of sp³-hybridized carbons (Fsp3) is 0.727. The first-order valence-electron chi connectivity index (χ1n) is 5.60. The number of rotatable bonds is 5. The molecule has 0 amide bonds. The van der Waals surface area contributed by atoms with Gasteiger partial charge in [-0.25, -0.2) is 4.98 Å². The van der Waals surface area contributed by atoms with E-state index < -0.39 is 0 Å². The number of ether oxygens (including phenoxy) is 3. The van der Waals surface area contributed by atoms with Crippen molar-refractivity contribution in [2.45, 2.75) is 32.5 Å². The summed E-state index contributed by atoms with van der Waals surface area (Å²) in [6, 6.07) is 0.293. The van der Waals surface area contributed by atoms with Crippen LogP contribution in [0, 0.1) is 0 Å². The first-order valence-corrected chi connectivity index (χ1v) is 6.48. The van der Waals surface area contributed by atoms with Gasteiger partial charge in [-0.3, -0.25) is 0 Å². The second-order valence-electron chi connectivity index (χ2n) is 4.14. The average Bonchev–Trinajstić information content (AvgIpc) is 2.73. The first-order chi connectivity index (χ1) is 8.11. The van der Waals surface area contributed by atoms with Crippen LogP contribution in [0.25, 0.3) is 0 Å². The van der Waals surface area contributed by atoms with Crippen molar-refractivity contribution in [3.05, 3.63) is 11.1 Å². The minimum Gasteiger partial charge on any atom is -0.383 e. The SMILES string of the molecule is COC[C@H](C)N(C)c1nc(C2OC(C)O2)cs1. The highest BCUT2D eigenvalue weighted by Gasteiger charge is 2.31. The Balaban J connectivity index is 1.97. The lowest BCUT2D eigenvalue weighted by molar-refractivity contribution is -0.383. The van der Waals surface area contributed by atoms with Crippen LogP contribution < -0.4 is 4.90 Å². The number of thiazole rings is 1. The summed E-state index contributed by atoms with van der Waals surface area (Å²) in [6.45, 7) is 4.65. The molecule has 0 saturated carbocycles. The van der Waals surface area contributed by atoms with Crippen molar-refractivity contribution < 1.29 is 14.2 Å². The van der Waals surface area contributed by atoms with E-state index in [0.29, 0.717) is 12.6 Å². The van der Waals surface area contributed by atoms with Gasteiger partial charge in [-0.1, -0.05) is 0 Å². The van der Waals surface area contributed by atoms with Gasteiger partial charge in [-0.15, -0.1) is 11.3 Å². The molecule has 1 aliphatic heterocycles. The first kappa shape index (κ1) is 12.8. The molecule has 0 bridgehead atoms. The van der Waals surface area contributed by atoms with Crippen LogP contribution in [0.2, 0.25) is 0 Å². The molecule has 0 N–H and O–H groups in total. The smallest absolute Gasteiger partial charge is 0.207 e. The molecule has 5 nitrogen and oxygen atoms in total. The summed E-state index contributed by atoms with van der Waals surface area (Å²) in [4.78, 5) is 6.61. The van der Waals surface area contributed by atoms with Crippen LogP contribution in [-0.2, 0) is 14.2 Å². The minimum atomic E-state index is -0.291. The Morgan fingerprint density at radius 2 is 2.29 bits per heavy atom. The number of hydrogen-bond acceptors (Lipinski definition) is 6. The number of nitrogens with zero attached hydrogens (tertiary/aromatic N) is 2. The van der Waals surface area contributed by atoms with Gasteiger partial charge in [0.15, 0.2) is 11.4 Å². The summed E-state index contributed by atoms with van der Waals surface area (Å²) in [5, 5.41) is 2.93. The summed E-state index contributed by atoms with van der Waals surface area (Å²) in [5.74, 6) is 0. The largest absolute Gasteiger partial charge is 0.383 e. The lowest BCUT2D eigenvalue weighted by atomic mass is 10.3. The van der Waals surface area contributed by atoms with Gasteiger partial charge in [0, 0.05) is 19.5 Å². The third-order valence-electron chi connectivity index (χ3n) is 2.75. The molecule has 1 aromatic heterocycles. The maximum absolute atomic E-state index is 5.40. The van der Waals surface area contributed by atoms with Crippen LogP contribution in [0.3, 0.4) is 0 Å². The summed E-state index contributed by atoms with van der Waals surface area (Å²) in [7, 11) is 3.71. The number of hydrogen-bond donors (Lipinski definition) is 0. The predicted octanol–water partition coefficient (Wildman–Crippen LogP) is 2.01. The van der Waals surface area contributed by atoms with E-state index in [0.717, 1.165) is 10.8 Å². The normalized spacial score (nSPS) is 25.4. The van der Waals surface area contributed by atoms with Crippen molar-refractivity contribution in [2.75, 3.05) is 25.7 Å². The Morgan fingerprint density at radius 1 is 1.59 bits per heavy atom. The quantitative estimate of drug-likeness (QED) is 0.808. The van der Waals surface area contributed by atoms with Crippen molar-refractivity contribution in [3.63, 3.8) is 0 Å². The number of aromatic nitrogens is 1. The molecule has 17 heavy (non-hydrogen) atoms. The monoisotopic (exact) mass is 258 g/mol. The van der Waals surface area contributed by atoms with Crippen LogP contribution in [-0.4, -0.2) is 38.1 Å². The van der Waals surface area contributed by atoms with Crippen molar-refractivity contribution in [3.8, 4) is 0 Å². The Labute approximate surface area is 105 Å². The molecule has 1 fully saturated rings. The van der Waals surface area contributed by atoms with Gasteiger partial charge >= 0.3 is 0 Å². The Hall–Kier alpha value is -0.690. The molecule has 0 aliphatic carbocycles. The Morgan fingerprint density at radius 3 is 2.88 bits per heavy atom. The molecule has 0 unspecified atom stereocenters. The van der Waals surface area contributed by atoms with Gasteiger partial charge in [0.05, 0.1) is 12.6 Å².